The van der Waals surface area contributed by atoms with E-state index in [4.69, 9.17) is 16.6 Å². The van der Waals surface area contributed by atoms with Crippen LogP contribution in [0.25, 0.3) is 10.9 Å². The van der Waals surface area contributed by atoms with Gasteiger partial charge in [-0.2, -0.15) is 0 Å². The Morgan fingerprint density at radius 1 is 1.00 bits per heavy atom. The average molecular weight is 446 g/mol. The second kappa shape index (κ2) is 10.0. The first-order chi connectivity index (χ1) is 15.6. The van der Waals surface area contributed by atoms with Crippen molar-refractivity contribution in [2.24, 2.45) is 4.99 Å². The molecule has 1 heterocycles. The summed E-state index contributed by atoms with van der Waals surface area (Å²) in [6.45, 7) is 7.47. The molecule has 2 N–H and O–H groups in total. The number of fused-ring (bicyclic) bond motifs is 1. The van der Waals surface area contributed by atoms with Crippen LogP contribution in [0.15, 0.2) is 77.8 Å². The Morgan fingerprint density at radius 2 is 1.75 bits per heavy atom. The molecule has 0 fully saturated rings. The van der Waals surface area contributed by atoms with Crippen LogP contribution in [0.3, 0.4) is 0 Å². The van der Waals surface area contributed by atoms with E-state index in [2.05, 4.69) is 35.9 Å². The van der Waals surface area contributed by atoms with E-state index in [-0.39, 0.29) is 5.88 Å². The highest BCUT2D eigenvalue weighted by Crippen LogP contribution is 2.32. The molecule has 4 rings (SSSR count). The summed E-state index contributed by atoms with van der Waals surface area (Å²) in [4.78, 5) is 10.4. The molecule has 3 aromatic carbocycles. The first-order valence-corrected chi connectivity index (χ1v) is 11.4. The van der Waals surface area contributed by atoms with Gasteiger partial charge in [0.25, 0.3) is 0 Å². The number of hydrogen-bond acceptors (Lipinski definition) is 3. The summed E-state index contributed by atoms with van der Waals surface area (Å²) >= 11 is 6.15. The summed E-state index contributed by atoms with van der Waals surface area (Å²) in [5.74, 6) is 0.0830. The first kappa shape index (κ1) is 22.1. The molecule has 0 saturated heterocycles. The van der Waals surface area contributed by atoms with E-state index >= 15 is 0 Å². The van der Waals surface area contributed by atoms with Gasteiger partial charge in [0.2, 0.25) is 0 Å². The number of benzene rings is 3. The number of rotatable bonds is 8. The van der Waals surface area contributed by atoms with Gasteiger partial charge in [0, 0.05) is 22.5 Å². The number of nitrogens with one attached hydrogen (secondary N) is 1. The van der Waals surface area contributed by atoms with E-state index in [0.29, 0.717) is 16.3 Å². The largest absolute Gasteiger partial charge is 0.494 e. The quantitative estimate of drug-likeness (QED) is 0.289. The summed E-state index contributed by atoms with van der Waals surface area (Å²) in [6.07, 6.45) is 1.15. The molecule has 0 aliphatic rings. The van der Waals surface area contributed by atoms with Gasteiger partial charge >= 0.3 is 0 Å². The van der Waals surface area contributed by atoms with E-state index in [9.17, 15) is 5.11 Å². The lowest BCUT2D eigenvalue weighted by Gasteiger charge is -2.19. The van der Waals surface area contributed by atoms with Crippen LogP contribution in [0.4, 0.5) is 5.69 Å². The number of aliphatic imine (C=N–C) groups is 1. The van der Waals surface area contributed by atoms with E-state index in [1.807, 2.05) is 60.7 Å². The number of aromatic amines is 1. The van der Waals surface area contributed by atoms with Crippen LogP contribution in [-0.2, 0) is 6.54 Å². The molecular weight excluding hydrogens is 418 g/mol. The van der Waals surface area contributed by atoms with Crippen molar-refractivity contribution in [3.05, 3.63) is 94.5 Å². The van der Waals surface area contributed by atoms with Crippen molar-refractivity contribution in [1.29, 1.82) is 0 Å². The monoisotopic (exact) mass is 445 g/mol. The molecule has 1 aromatic heterocycles. The third kappa shape index (κ3) is 4.87. The fourth-order valence-electron chi connectivity index (χ4n) is 3.98. The Kier molecular flexibility index (Phi) is 6.93. The molecule has 0 saturated carbocycles. The molecular formula is C27H28ClN3O. The molecule has 0 spiro atoms. The standard InChI is InChI=1S/C27H28ClN3O/c1-3-16-31(4-2)18-19-10-13-22(14-11-19)29-26(20-8-6-5-7-9-20)25-23-15-12-21(28)17-24(23)30-27(25)32/h5-15,17,30,32H,3-4,16,18H2,1-2H3. The van der Waals surface area contributed by atoms with Gasteiger partial charge in [0.1, 0.15) is 0 Å². The van der Waals surface area contributed by atoms with Crippen LogP contribution in [0.1, 0.15) is 37.0 Å². The van der Waals surface area contributed by atoms with Crippen LogP contribution in [0.5, 0.6) is 5.88 Å². The summed E-state index contributed by atoms with van der Waals surface area (Å²) in [5.41, 5.74) is 5.21. The molecule has 0 bridgehead atoms. The van der Waals surface area contributed by atoms with Gasteiger partial charge in [0.15, 0.2) is 5.88 Å². The summed E-state index contributed by atoms with van der Waals surface area (Å²) in [7, 11) is 0. The Balaban J connectivity index is 1.75. The zero-order chi connectivity index (χ0) is 22.5. The van der Waals surface area contributed by atoms with E-state index in [1.54, 1.807) is 0 Å². The highest BCUT2D eigenvalue weighted by molar-refractivity contribution is 6.31. The molecule has 0 aliphatic heterocycles. The van der Waals surface area contributed by atoms with Crippen molar-refractivity contribution in [3.8, 4) is 5.88 Å². The van der Waals surface area contributed by atoms with Crippen molar-refractivity contribution in [2.45, 2.75) is 26.8 Å². The molecule has 4 aromatic rings. The van der Waals surface area contributed by atoms with Gasteiger partial charge in [-0.15, -0.1) is 0 Å². The molecule has 0 aliphatic carbocycles. The molecule has 164 valence electrons. The molecule has 32 heavy (non-hydrogen) atoms. The minimum Gasteiger partial charge on any atom is -0.494 e. The van der Waals surface area contributed by atoms with Crippen molar-refractivity contribution in [3.63, 3.8) is 0 Å². The topological polar surface area (TPSA) is 51.6 Å². The van der Waals surface area contributed by atoms with E-state index < -0.39 is 0 Å². The number of aromatic hydroxyl groups is 1. The highest BCUT2D eigenvalue weighted by Gasteiger charge is 2.18. The highest BCUT2D eigenvalue weighted by atomic mass is 35.5. The molecule has 0 unspecified atom stereocenters. The zero-order valence-electron chi connectivity index (χ0n) is 18.5. The van der Waals surface area contributed by atoms with Gasteiger partial charge in [-0.25, -0.2) is 4.99 Å². The fourth-order valence-corrected chi connectivity index (χ4v) is 4.16. The van der Waals surface area contributed by atoms with Gasteiger partial charge in [-0.3, -0.25) is 4.90 Å². The van der Waals surface area contributed by atoms with Crippen LogP contribution >= 0.6 is 11.6 Å². The van der Waals surface area contributed by atoms with Gasteiger partial charge in [-0.1, -0.05) is 74.0 Å². The molecule has 0 amide bonds. The minimum absolute atomic E-state index is 0.0830. The van der Waals surface area contributed by atoms with Gasteiger partial charge in [-0.05, 0) is 49.3 Å². The van der Waals surface area contributed by atoms with Crippen LogP contribution in [0, 0.1) is 0 Å². The average Bonchev–Trinajstić information content (AvgIpc) is 3.13. The van der Waals surface area contributed by atoms with Gasteiger partial charge < -0.3 is 10.1 Å². The Labute approximate surface area is 194 Å². The first-order valence-electron chi connectivity index (χ1n) is 11.0. The Bertz CT molecular complexity index is 1210. The van der Waals surface area contributed by atoms with E-state index in [0.717, 1.165) is 48.2 Å². The van der Waals surface area contributed by atoms with Crippen molar-refractivity contribution < 1.29 is 5.11 Å². The summed E-state index contributed by atoms with van der Waals surface area (Å²) < 4.78 is 0. The maximum atomic E-state index is 10.8. The summed E-state index contributed by atoms with van der Waals surface area (Å²) in [6, 6.07) is 23.8. The lowest BCUT2D eigenvalue weighted by Crippen LogP contribution is -2.23. The van der Waals surface area contributed by atoms with Crippen molar-refractivity contribution in [1.82, 2.24) is 9.88 Å². The molecule has 0 atom stereocenters. The summed E-state index contributed by atoms with van der Waals surface area (Å²) in [5, 5.41) is 12.3. The smallest absolute Gasteiger partial charge is 0.199 e. The maximum absolute atomic E-state index is 10.8. The molecule has 4 nitrogen and oxygen atoms in total. The fraction of sp³-hybridized carbons (Fsp3) is 0.222. The maximum Gasteiger partial charge on any atom is 0.199 e. The van der Waals surface area contributed by atoms with Crippen molar-refractivity contribution in [2.75, 3.05) is 13.1 Å². The second-order valence-electron chi connectivity index (χ2n) is 7.90. The van der Waals surface area contributed by atoms with Crippen LogP contribution < -0.4 is 0 Å². The second-order valence-corrected chi connectivity index (χ2v) is 8.34. The third-order valence-corrected chi connectivity index (χ3v) is 5.83. The number of H-pyrrole nitrogens is 1. The normalized spacial score (nSPS) is 12.1. The molecule has 5 heteroatoms. The van der Waals surface area contributed by atoms with Crippen LogP contribution in [0.2, 0.25) is 5.02 Å². The van der Waals surface area contributed by atoms with E-state index in [1.165, 1.54) is 5.56 Å². The third-order valence-electron chi connectivity index (χ3n) is 5.60. The number of halogens is 1. The Morgan fingerprint density at radius 3 is 2.44 bits per heavy atom. The number of aromatic nitrogens is 1. The van der Waals surface area contributed by atoms with Crippen LogP contribution in [-0.4, -0.2) is 33.8 Å². The molecule has 0 radical (unpaired) electrons. The zero-order valence-corrected chi connectivity index (χ0v) is 19.2. The predicted octanol–water partition coefficient (Wildman–Crippen LogP) is 6.93. The number of nitrogens with zero attached hydrogens (tertiary/aromatic N) is 2. The number of hydrogen-bond donors (Lipinski definition) is 2. The lowest BCUT2D eigenvalue weighted by molar-refractivity contribution is 0.280. The van der Waals surface area contributed by atoms with Gasteiger partial charge in [0.05, 0.1) is 22.5 Å². The predicted molar refractivity (Wildman–Crippen MR) is 134 cm³/mol. The van der Waals surface area contributed by atoms with Crippen molar-refractivity contribution >= 4 is 33.9 Å². The minimum atomic E-state index is 0.0830. The SMILES string of the molecule is CCCN(CC)Cc1ccc(N=C(c2ccccc2)c2c(O)[nH]c3cc(Cl)ccc23)cc1. The lowest BCUT2D eigenvalue weighted by atomic mass is 10.0. The Hall–Kier alpha value is -3.08.